The van der Waals surface area contributed by atoms with Crippen LogP contribution in [0.25, 0.3) is 0 Å². The third-order valence-corrected chi connectivity index (χ3v) is 1.34. The van der Waals surface area contributed by atoms with Crippen molar-refractivity contribution in [2.45, 2.75) is 6.61 Å². The summed E-state index contributed by atoms with van der Waals surface area (Å²) in [7, 11) is 0. The summed E-state index contributed by atoms with van der Waals surface area (Å²) in [6.45, 7) is -8.40. The maximum atomic E-state index is 12.1. The monoisotopic (exact) mass is 251 g/mol. The van der Waals surface area contributed by atoms with Gasteiger partial charge in [0.15, 0.2) is 0 Å². The standard InChI is InChI=1S/C6H4BF5NO.K/c8-6(9)14-5-1-4(2-13-3-5)7(10,11)12;/h1-3,6H;/q-1;+1. The SMILES string of the molecule is FC(F)Oc1cncc([B-](F)(F)F)c1.[K+]. The Morgan fingerprint density at radius 1 is 1.20 bits per heavy atom. The van der Waals surface area contributed by atoms with Crippen molar-refractivity contribution in [3.8, 4) is 5.75 Å². The Balaban J connectivity index is 0.00000196. The minimum Gasteiger partial charge on any atom is -0.445 e. The zero-order valence-electron chi connectivity index (χ0n) is 7.63. The van der Waals surface area contributed by atoms with Crippen molar-refractivity contribution < 1.29 is 77.8 Å². The van der Waals surface area contributed by atoms with Crippen LogP contribution in [0.4, 0.5) is 21.7 Å². The van der Waals surface area contributed by atoms with Crippen LogP contribution in [-0.4, -0.2) is 18.6 Å². The van der Waals surface area contributed by atoms with Crippen molar-refractivity contribution in [1.82, 2.24) is 4.98 Å². The Kier molecular flexibility index (Phi) is 6.26. The fraction of sp³-hybridized carbons (Fsp3) is 0.167. The third kappa shape index (κ3) is 5.25. The number of ether oxygens (including phenoxy) is 1. The molecule has 0 bridgehead atoms. The molecule has 9 heteroatoms. The predicted octanol–water partition coefficient (Wildman–Crippen LogP) is -1.26. The van der Waals surface area contributed by atoms with Crippen molar-refractivity contribution in [3.63, 3.8) is 0 Å². The molecule has 0 amide bonds. The molecule has 0 fully saturated rings. The predicted molar refractivity (Wildman–Crippen MR) is 39.6 cm³/mol. The van der Waals surface area contributed by atoms with E-state index in [0.717, 1.165) is 6.20 Å². The molecule has 1 aromatic heterocycles. The van der Waals surface area contributed by atoms with Gasteiger partial charge in [-0.05, 0) is 6.07 Å². The van der Waals surface area contributed by atoms with Crippen LogP contribution in [0.5, 0.6) is 5.75 Å². The molecule has 1 rings (SSSR count). The third-order valence-electron chi connectivity index (χ3n) is 1.34. The van der Waals surface area contributed by atoms with E-state index in [2.05, 4.69) is 9.72 Å². The summed E-state index contributed by atoms with van der Waals surface area (Å²) in [6, 6.07) is 0.485. The van der Waals surface area contributed by atoms with Crippen LogP contribution < -0.4 is 61.6 Å². The Morgan fingerprint density at radius 2 is 1.80 bits per heavy atom. The minimum atomic E-state index is -5.24. The van der Waals surface area contributed by atoms with Crippen molar-refractivity contribution in [1.29, 1.82) is 0 Å². The van der Waals surface area contributed by atoms with Crippen LogP contribution in [0.3, 0.4) is 0 Å². The number of rotatable bonds is 3. The van der Waals surface area contributed by atoms with Crippen LogP contribution in [-0.2, 0) is 0 Å². The number of hydrogen-bond acceptors (Lipinski definition) is 2. The number of halogens is 5. The van der Waals surface area contributed by atoms with E-state index in [1.54, 1.807) is 0 Å². The molecule has 0 aromatic carbocycles. The zero-order chi connectivity index (χ0) is 10.8. The summed E-state index contributed by atoms with van der Waals surface area (Å²) in [5.74, 6) is -0.600. The summed E-state index contributed by atoms with van der Waals surface area (Å²) in [6.07, 6.45) is 1.34. The van der Waals surface area contributed by atoms with Gasteiger partial charge in [-0.1, -0.05) is 5.46 Å². The maximum Gasteiger partial charge on any atom is 1.00 e. The van der Waals surface area contributed by atoms with Crippen LogP contribution in [0.2, 0.25) is 0 Å². The minimum absolute atomic E-state index is 0. The van der Waals surface area contributed by atoms with Gasteiger partial charge in [-0.15, -0.1) is 0 Å². The molecule has 15 heavy (non-hydrogen) atoms. The number of hydrogen-bond donors (Lipinski definition) is 0. The molecular weight excluding hydrogens is 247 g/mol. The number of nitrogens with zero attached hydrogens (tertiary/aromatic N) is 1. The van der Waals surface area contributed by atoms with Crippen LogP contribution in [0.1, 0.15) is 0 Å². The Hall–Kier alpha value is 0.301. The number of alkyl halides is 2. The van der Waals surface area contributed by atoms with E-state index in [-0.39, 0.29) is 51.4 Å². The van der Waals surface area contributed by atoms with Gasteiger partial charge in [-0.25, -0.2) is 0 Å². The molecule has 0 saturated heterocycles. The van der Waals surface area contributed by atoms with Crippen molar-refractivity contribution in [3.05, 3.63) is 18.5 Å². The molecule has 0 atom stereocenters. The Bertz CT molecular complexity index is 321. The van der Waals surface area contributed by atoms with Gasteiger partial charge in [-0.2, -0.15) is 8.78 Å². The van der Waals surface area contributed by atoms with Gasteiger partial charge >= 0.3 is 65.0 Å². The number of pyridine rings is 1. The fourth-order valence-electron chi connectivity index (χ4n) is 0.782. The zero-order valence-corrected chi connectivity index (χ0v) is 10.8. The average molecular weight is 251 g/mol. The first kappa shape index (κ1) is 15.3. The van der Waals surface area contributed by atoms with Crippen molar-refractivity contribution in [2.24, 2.45) is 0 Å². The first-order valence-electron chi connectivity index (χ1n) is 3.49. The van der Waals surface area contributed by atoms with Crippen LogP contribution >= 0.6 is 0 Å². The second-order valence-corrected chi connectivity index (χ2v) is 2.41. The average Bonchev–Trinajstić information content (AvgIpc) is 2.01. The fourth-order valence-corrected chi connectivity index (χ4v) is 0.782. The Morgan fingerprint density at radius 3 is 2.27 bits per heavy atom. The quantitative estimate of drug-likeness (QED) is 0.494. The molecule has 0 aliphatic rings. The van der Waals surface area contributed by atoms with E-state index in [1.165, 1.54) is 0 Å². The maximum absolute atomic E-state index is 12.1. The van der Waals surface area contributed by atoms with E-state index in [0.29, 0.717) is 12.3 Å². The molecule has 0 spiro atoms. The summed E-state index contributed by atoms with van der Waals surface area (Å²) in [5.41, 5.74) is -1.07. The van der Waals surface area contributed by atoms with Gasteiger partial charge in [0.1, 0.15) is 5.75 Å². The van der Waals surface area contributed by atoms with E-state index >= 15 is 0 Å². The van der Waals surface area contributed by atoms with Crippen LogP contribution in [0, 0.1) is 0 Å². The van der Waals surface area contributed by atoms with Crippen molar-refractivity contribution >= 4 is 12.4 Å². The molecule has 0 N–H and O–H groups in total. The molecule has 0 aliphatic heterocycles. The van der Waals surface area contributed by atoms with Gasteiger partial charge in [0.2, 0.25) is 0 Å². The molecule has 0 aliphatic carbocycles. The summed E-state index contributed by atoms with van der Waals surface area (Å²) in [4.78, 5) is 3.14. The summed E-state index contributed by atoms with van der Waals surface area (Å²) < 4.78 is 63.3. The van der Waals surface area contributed by atoms with E-state index in [1.807, 2.05) is 0 Å². The Labute approximate surface area is 125 Å². The first-order valence-corrected chi connectivity index (χ1v) is 3.49. The largest absolute Gasteiger partial charge is 1.00 e. The van der Waals surface area contributed by atoms with E-state index in [9.17, 15) is 21.7 Å². The van der Waals surface area contributed by atoms with Crippen LogP contribution in [0.15, 0.2) is 18.5 Å². The molecule has 0 radical (unpaired) electrons. The molecular formula is C6H4BF5KNO. The molecule has 2 nitrogen and oxygen atoms in total. The molecule has 1 aromatic rings. The van der Waals surface area contributed by atoms with Gasteiger partial charge in [0.05, 0.1) is 6.20 Å². The molecule has 0 unspecified atom stereocenters. The smallest absolute Gasteiger partial charge is 0.445 e. The second-order valence-electron chi connectivity index (χ2n) is 2.41. The van der Waals surface area contributed by atoms with E-state index in [4.69, 9.17) is 0 Å². The molecule has 1 heterocycles. The second kappa shape index (κ2) is 6.14. The van der Waals surface area contributed by atoms with Gasteiger partial charge in [0.25, 0.3) is 0 Å². The first-order chi connectivity index (χ1) is 6.39. The van der Waals surface area contributed by atoms with E-state index < -0.39 is 24.8 Å². The van der Waals surface area contributed by atoms with Gasteiger partial charge in [-0.3, -0.25) is 4.98 Å². The van der Waals surface area contributed by atoms with Gasteiger partial charge < -0.3 is 17.7 Å². The van der Waals surface area contributed by atoms with Crippen molar-refractivity contribution in [2.75, 3.05) is 0 Å². The summed E-state index contributed by atoms with van der Waals surface area (Å²) in [5, 5.41) is 0. The summed E-state index contributed by atoms with van der Waals surface area (Å²) >= 11 is 0. The molecule has 0 saturated carbocycles. The normalized spacial score (nSPS) is 11.1. The van der Waals surface area contributed by atoms with Gasteiger partial charge in [0, 0.05) is 6.20 Å². The topological polar surface area (TPSA) is 22.1 Å². The molecule has 78 valence electrons. The number of aromatic nitrogens is 1.